The van der Waals surface area contributed by atoms with Crippen LogP contribution < -0.4 is 0 Å². The minimum absolute atomic E-state index is 1.26. The van der Waals surface area contributed by atoms with E-state index in [1.165, 1.54) is 19.9 Å². The Kier molecular flexibility index (Phi) is 1.07. The first-order valence-corrected chi connectivity index (χ1v) is 3.20. The van der Waals surface area contributed by atoms with Crippen molar-refractivity contribution in [1.29, 1.82) is 0 Å². The third-order valence-electron chi connectivity index (χ3n) is 0.805. The monoisotopic (exact) mass is 98.0 g/mol. The van der Waals surface area contributed by atoms with Gasteiger partial charge in [0.15, 0.2) is 0 Å². The Morgan fingerprint density at radius 2 is 2.67 bits per heavy atom. The smallest absolute Gasteiger partial charge is 0.0105 e. The van der Waals surface area contributed by atoms with E-state index < -0.39 is 0 Å². The quantitative estimate of drug-likeness (QED) is 0.404. The highest BCUT2D eigenvalue weighted by Gasteiger charge is 1.86. The van der Waals surface area contributed by atoms with Gasteiger partial charge in [-0.1, -0.05) is 11.6 Å². The summed E-state index contributed by atoms with van der Waals surface area (Å²) in [6.07, 6.45) is 3.45. The van der Waals surface area contributed by atoms with E-state index >= 15 is 0 Å². The molecule has 0 nitrogen and oxygen atoms in total. The molecule has 1 aliphatic heterocycles. The molecule has 0 aromatic carbocycles. The van der Waals surface area contributed by atoms with Gasteiger partial charge in [0.05, 0.1) is 0 Å². The molecular weight excluding hydrogens is 91.0 g/mol. The molecule has 1 rings (SSSR count). The van der Waals surface area contributed by atoms with Gasteiger partial charge in [-0.3, -0.25) is 0 Å². The molecular formula is C5H7P. The summed E-state index contributed by atoms with van der Waals surface area (Å²) >= 11 is 0. The zero-order valence-electron chi connectivity index (χ0n) is 3.81. The summed E-state index contributed by atoms with van der Waals surface area (Å²) in [6.45, 7) is 2.16. The van der Waals surface area contributed by atoms with Gasteiger partial charge >= 0.3 is 0 Å². The third kappa shape index (κ3) is 0.693. The van der Waals surface area contributed by atoms with Crippen LogP contribution in [0.3, 0.4) is 0 Å². The molecule has 0 saturated heterocycles. The van der Waals surface area contributed by atoms with Crippen molar-refractivity contribution in [3.05, 3.63) is 11.6 Å². The molecule has 0 unspecified atom stereocenters. The molecule has 0 atom stereocenters. The molecule has 0 amide bonds. The lowest BCUT2D eigenvalue weighted by Crippen LogP contribution is -1.65. The summed E-state index contributed by atoms with van der Waals surface area (Å²) in [4.78, 5) is 0. The molecule has 0 aromatic rings. The Labute approximate surface area is 39.7 Å². The third-order valence-corrected chi connectivity index (χ3v) is 1.85. The summed E-state index contributed by atoms with van der Waals surface area (Å²) in [5, 5.41) is 0. The van der Waals surface area contributed by atoms with E-state index in [-0.39, 0.29) is 0 Å². The molecule has 0 fully saturated rings. The van der Waals surface area contributed by atoms with E-state index in [1.54, 1.807) is 0 Å². The van der Waals surface area contributed by atoms with E-state index in [0.29, 0.717) is 0 Å². The largest absolute Gasteiger partial charge is 0.100 e. The van der Waals surface area contributed by atoms with Crippen LogP contribution in [0.2, 0.25) is 0 Å². The molecule has 1 heterocycles. The molecule has 1 aliphatic rings. The van der Waals surface area contributed by atoms with Crippen molar-refractivity contribution >= 4 is 14.0 Å². The Morgan fingerprint density at radius 3 is 2.83 bits per heavy atom. The fourth-order valence-corrected chi connectivity index (χ4v) is 1.29. The number of hydrogen-bond acceptors (Lipinski definition) is 0. The average molecular weight is 98.1 g/mol. The first-order chi connectivity index (χ1) is 2.89. The topological polar surface area (TPSA) is 0 Å². The molecule has 0 aliphatic carbocycles. The molecule has 0 radical (unpaired) electrons. The van der Waals surface area contributed by atoms with Crippen LogP contribution in [-0.4, -0.2) is 12.0 Å². The predicted octanol–water partition coefficient (Wildman–Crippen LogP) is 1.69. The van der Waals surface area contributed by atoms with Gasteiger partial charge in [-0.25, -0.2) is 0 Å². The van der Waals surface area contributed by atoms with Crippen molar-refractivity contribution in [3.8, 4) is 0 Å². The predicted molar refractivity (Wildman–Crippen MR) is 31.6 cm³/mol. The van der Waals surface area contributed by atoms with Gasteiger partial charge in [0, 0.05) is 6.16 Å². The van der Waals surface area contributed by atoms with Crippen LogP contribution in [0.5, 0.6) is 0 Å². The molecule has 0 saturated carbocycles. The number of allylic oxidation sites excluding steroid dienone is 2. The first-order valence-electron chi connectivity index (χ1n) is 2.05. The van der Waals surface area contributed by atoms with Gasteiger partial charge in [0.25, 0.3) is 0 Å². The van der Waals surface area contributed by atoms with E-state index in [1.807, 2.05) is 0 Å². The second-order valence-electron chi connectivity index (χ2n) is 1.50. The van der Waals surface area contributed by atoms with Gasteiger partial charge in [-0.15, -0.1) is 8.20 Å². The van der Waals surface area contributed by atoms with Crippen molar-refractivity contribution in [2.45, 2.75) is 6.92 Å². The van der Waals surface area contributed by atoms with Crippen LogP contribution in [0.1, 0.15) is 6.92 Å². The first kappa shape index (κ1) is 4.08. The molecule has 0 bridgehead atoms. The lowest BCUT2D eigenvalue weighted by Gasteiger charge is -1.78. The maximum Gasteiger partial charge on any atom is 0.0105 e. The van der Waals surface area contributed by atoms with Gasteiger partial charge in [0.2, 0.25) is 0 Å². The van der Waals surface area contributed by atoms with Crippen molar-refractivity contribution in [2.75, 3.05) is 6.16 Å². The summed E-state index contributed by atoms with van der Waals surface area (Å²) in [5.41, 5.74) is 1.51. The second-order valence-corrected chi connectivity index (χ2v) is 2.48. The van der Waals surface area contributed by atoms with Crippen LogP contribution in [0.15, 0.2) is 11.6 Å². The van der Waals surface area contributed by atoms with E-state index in [4.69, 9.17) is 0 Å². The summed E-state index contributed by atoms with van der Waals surface area (Å²) in [6, 6.07) is 0. The second kappa shape index (κ2) is 1.57. The summed E-state index contributed by atoms with van der Waals surface area (Å²) in [7, 11) is 1.47. The maximum absolute atomic E-state index is 2.19. The van der Waals surface area contributed by atoms with Crippen LogP contribution >= 0.6 is 8.20 Å². The zero-order chi connectivity index (χ0) is 4.41. The summed E-state index contributed by atoms with van der Waals surface area (Å²) < 4.78 is 0. The lowest BCUT2D eigenvalue weighted by molar-refractivity contribution is 1.44. The van der Waals surface area contributed by atoms with E-state index in [9.17, 15) is 0 Å². The highest BCUT2D eigenvalue weighted by atomic mass is 31.1. The average Bonchev–Trinajstić information content (AvgIpc) is 1.86. The number of hydrogen-bond donors (Lipinski definition) is 0. The van der Waals surface area contributed by atoms with Crippen LogP contribution in [0, 0.1) is 0 Å². The van der Waals surface area contributed by atoms with Crippen LogP contribution in [0.4, 0.5) is 0 Å². The zero-order valence-corrected chi connectivity index (χ0v) is 4.70. The van der Waals surface area contributed by atoms with Gasteiger partial charge < -0.3 is 0 Å². The SMILES string of the molecule is CC1=CC=PC1. The lowest BCUT2D eigenvalue weighted by atomic mass is 10.3. The van der Waals surface area contributed by atoms with Crippen LogP contribution in [0.25, 0.3) is 0 Å². The highest BCUT2D eigenvalue weighted by Crippen LogP contribution is 2.09. The Hall–Kier alpha value is -0.0900. The van der Waals surface area contributed by atoms with Crippen molar-refractivity contribution < 1.29 is 0 Å². The minimum Gasteiger partial charge on any atom is -0.100 e. The Balaban J connectivity index is 2.61. The molecule has 32 valence electrons. The normalized spacial score (nSPS) is 21.2. The Morgan fingerprint density at radius 1 is 1.83 bits per heavy atom. The maximum atomic E-state index is 2.19. The van der Waals surface area contributed by atoms with Crippen molar-refractivity contribution in [2.24, 2.45) is 0 Å². The van der Waals surface area contributed by atoms with Gasteiger partial charge in [-0.2, -0.15) is 0 Å². The molecule has 6 heavy (non-hydrogen) atoms. The molecule has 0 spiro atoms. The van der Waals surface area contributed by atoms with E-state index in [0.717, 1.165) is 0 Å². The Bertz CT molecular complexity index is 101. The van der Waals surface area contributed by atoms with Gasteiger partial charge in [-0.05, 0) is 12.7 Å². The van der Waals surface area contributed by atoms with Crippen molar-refractivity contribution in [3.63, 3.8) is 0 Å². The van der Waals surface area contributed by atoms with E-state index in [2.05, 4.69) is 18.8 Å². The summed E-state index contributed by atoms with van der Waals surface area (Å²) in [5.74, 6) is 2.19. The highest BCUT2D eigenvalue weighted by molar-refractivity contribution is 7.39. The standard InChI is InChI=1S/C5H7P/c1-5-2-3-6-4-5/h2-3H,4H2,1H3. The molecule has 0 aromatic heterocycles. The van der Waals surface area contributed by atoms with Crippen molar-refractivity contribution in [1.82, 2.24) is 0 Å². The fraction of sp³-hybridized carbons (Fsp3) is 0.400. The number of rotatable bonds is 0. The fourth-order valence-electron chi connectivity index (χ4n) is 0.429. The molecule has 1 heteroatoms. The minimum atomic E-state index is 1.26. The van der Waals surface area contributed by atoms with Gasteiger partial charge in [0.1, 0.15) is 0 Å². The molecule has 0 N–H and O–H groups in total. The van der Waals surface area contributed by atoms with Crippen LogP contribution in [-0.2, 0) is 0 Å².